The lowest BCUT2D eigenvalue weighted by Gasteiger charge is -2.08. The van der Waals surface area contributed by atoms with Crippen LogP contribution in [-0.2, 0) is 11.3 Å². The van der Waals surface area contributed by atoms with E-state index >= 15 is 0 Å². The molecular formula is C25H20F2N6OS. The molecule has 176 valence electrons. The molecule has 35 heavy (non-hydrogen) atoms. The van der Waals surface area contributed by atoms with E-state index in [1.54, 1.807) is 22.8 Å². The SMILES string of the molecule is Cc1ccc(-c2n[nH]c(=S)n2CCC(=O)Nc2ccc3nc(-c4cc(F)ccc4F)[nH]c3c2)cc1. The number of halogens is 2. The van der Waals surface area contributed by atoms with E-state index < -0.39 is 11.6 Å². The first-order valence-corrected chi connectivity index (χ1v) is 11.3. The average molecular weight is 491 g/mol. The predicted octanol–water partition coefficient (Wildman–Crippen LogP) is 5.77. The van der Waals surface area contributed by atoms with Crippen LogP contribution in [0.3, 0.4) is 0 Å². The summed E-state index contributed by atoms with van der Waals surface area (Å²) in [5.41, 5.74) is 3.77. The van der Waals surface area contributed by atoms with E-state index in [2.05, 4.69) is 25.5 Å². The highest BCUT2D eigenvalue weighted by Crippen LogP contribution is 2.26. The average Bonchev–Trinajstić information content (AvgIpc) is 3.42. The van der Waals surface area contributed by atoms with E-state index in [9.17, 15) is 13.6 Å². The van der Waals surface area contributed by atoms with Crippen LogP contribution < -0.4 is 5.32 Å². The van der Waals surface area contributed by atoms with Gasteiger partial charge < -0.3 is 10.3 Å². The topological polar surface area (TPSA) is 91.4 Å². The Hall–Kier alpha value is -4.18. The van der Waals surface area contributed by atoms with Crippen LogP contribution in [0.25, 0.3) is 33.8 Å². The van der Waals surface area contributed by atoms with Gasteiger partial charge in [-0.05, 0) is 55.5 Å². The maximum Gasteiger partial charge on any atom is 0.226 e. The zero-order chi connectivity index (χ0) is 24.5. The molecule has 10 heteroatoms. The molecule has 0 atom stereocenters. The Morgan fingerprint density at radius 3 is 2.69 bits per heavy atom. The summed E-state index contributed by atoms with van der Waals surface area (Å²) in [5, 5.41) is 9.95. The molecule has 5 rings (SSSR count). The van der Waals surface area contributed by atoms with E-state index in [4.69, 9.17) is 12.2 Å². The number of carbonyl (C=O) groups excluding carboxylic acids is 1. The number of H-pyrrole nitrogens is 2. The standard InChI is InChI=1S/C25H20F2N6OS/c1-14-2-4-15(5-3-14)24-31-32-25(35)33(24)11-10-22(34)28-17-7-9-20-21(13-17)30-23(29-20)18-12-16(26)6-8-19(18)27/h2-9,12-13H,10-11H2,1H3,(H,28,34)(H,29,30)(H,32,35). The first-order valence-electron chi connectivity index (χ1n) is 10.8. The maximum absolute atomic E-state index is 14.1. The molecule has 0 aliphatic heterocycles. The number of nitrogens with zero attached hydrogens (tertiary/aromatic N) is 3. The minimum Gasteiger partial charge on any atom is -0.338 e. The van der Waals surface area contributed by atoms with Crippen LogP contribution in [0, 0.1) is 23.3 Å². The molecule has 0 unspecified atom stereocenters. The van der Waals surface area contributed by atoms with Crippen molar-refractivity contribution in [3.8, 4) is 22.8 Å². The first kappa shape index (κ1) is 22.6. The van der Waals surface area contributed by atoms with Crippen molar-refractivity contribution in [1.82, 2.24) is 24.7 Å². The molecule has 0 saturated carbocycles. The number of hydrogen-bond acceptors (Lipinski definition) is 4. The lowest BCUT2D eigenvalue weighted by atomic mass is 10.1. The number of aromatic amines is 2. The van der Waals surface area contributed by atoms with Gasteiger partial charge in [-0.15, -0.1) is 0 Å². The number of carbonyl (C=O) groups is 1. The monoisotopic (exact) mass is 490 g/mol. The van der Waals surface area contributed by atoms with E-state index in [0.29, 0.717) is 33.9 Å². The Bertz CT molecular complexity index is 1600. The third-order valence-electron chi connectivity index (χ3n) is 5.58. The van der Waals surface area contributed by atoms with Gasteiger partial charge in [-0.1, -0.05) is 29.8 Å². The molecule has 0 radical (unpaired) electrons. The van der Waals surface area contributed by atoms with Crippen molar-refractivity contribution < 1.29 is 13.6 Å². The van der Waals surface area contributed by atoms with Crippen molar-refractivity contribution in [2.45, 2.75) is 19.9 Å². The van der Waals surface area contributed by atoms with Crippen LogP contribution in [0.1, 0.15) is 12.0 Å². The van der Waals surface area contributed by atoms with Gasteiger partial charge in [0.1, 0.15) is 17.5 Å². The quantitative estimate of drug-likeness (QED) is 0.264. The molecule has 7 nitrogen and oxygen atoms in total. The van der Waals surface area contributed by atoms with Crippen LogP contribution in [0.15, 0.2) is 60.7 Å². The van der Waals surface area contributed by atoms with Crippen LogP contribution in [0.4, 0.5) is 14.5 Å². The third kappa shape index (κ3) is 4.73. The van der Waals surface area contributed by atoms with Crippen LogP contribution in [-0.4, -0.2) is 30.6 Å². The van der Waals surface area contributed by atoms with Gasteiger partial charge in [0.15, 0.2) is 10.6 Å². The highest BCUT2D eigenvalue weighted by Gasteiger charge is 2.14. The van der Waals surface area contributed by atoms with Gasteiger partial charge in [-0.2, -0.15) is 5.10 Å². The molecule has 2 heterocycles. The summed E-state index contributed by atoms with van der Waals surface area (Å²) in [7, 11) is 0. The van der Waals surface area contributed by atoms with Crippen LogP contribution >= 0.6 is 12.2 Å². The van der Waals surface area contributed by atoms with Crippen molar-refractivity contribution in [2.75, 3.05) is 5.32 Å². The van der Waals surface area contributed by atoms with Gasteiger partial charge in [0.05, 0.1) is 16.6 Å². The number of anilines is 1. The number of hydrogen-bond donors (Lipinski definition) is 3. The van der Waals surface area contributed by atoms with Crippen LogP contribution in [0.5, 0.6) is 0 Å². The fourth-order valence-corrected chi connectivity index (χ4v) is 4.00. The fourth-order valence-electron chi connectivity index (χ4n) is 3.78. The summed E-state index contributed by atoms with van der Waals surface area (Å²) in [5.74, 6) is -0.477. The van der Waals surface area contributed by atoms with Crippen LogP contribution in [0.2, 0.25) is 0 Å². The number of rotatable bonds is 6. The molecule has 0 spiro atoms. The van der Waals surface area contributed by atoms with Crippen molar-refractivity contribution >= 4 is 34.8 Å². The Kier molecular flexibility index (Phi) is 5.96. The number of nitrogens with one attached hydrogen (secondary N) is 3. The molecule has 0 bridgehead atoms. The number of fused-ring (bicyclic) bond motifs is 1. The van der Waals surface area contributed by atoms with Gasteiger partial charge in [0.25, 0.3) is 0 Å². The summed E-state index contributed by atoms with van der Waals surface area (Å²) in [6.07, 6.45) is 0.174. The predicted molar refractivity (Wildman–Crippen MR) is 132 cm³/mol. The van der Waals surface area contributed by atoms with Gasteiger partial charge in [0, 0.05) is 24.2 Å². The zero-order valence-corrected chi connectivity index (χ0v) is 19.4. The molecule has 1 amide bonds. The Labute approximate surface area is 203 Å². The number of aromatic nitrogens is 5. The molecule has 5 aromatic rings. The minimum absolute atomic E-state index is 0.0352. The van der Waals surface area contributed by atoms with Crippen molar-refractivity contribution in [3.05, 3.63) is 82.6 Å². The largest absolute Gasteiger partial charge is 0.338 e. The van der Waals surface area contributed by atoms with Gasteiger partial charge in [0.2, 0.25) is 5.91 Å². The fraction of sp³-hybridized carbons (Fsp3) is 0.120. The zero-order valence-electron chi connectivity index (χ0n) is 18.6. The lowest BCUT2D eigenvalue weighted by molar-refractivity contribution is -0.116. The Balaban J connectivity index is 1.30. The number of imidazole rings is 1. The second kappa shape index (κ2) is 9.22. The summed E-state index contributed by atoms with van der Waals surface area (Å²) < 4.78 is 29.9. The van der Waals surface area contributed by atoms with Gasteiger partial charge >= 0.3 is 0 Å². The molecule has 0 aliphatic rings. The Morgan fingerprint density at radius 2 is 1.89 bits per heavy atom. The minimum atomic E-state index is -0.582. The molecule has 3 aromatic carbocycles. The Morgan fingerprint density at radius 1 is 1.09 bits per heavy atom. The maximum atomic E-state index is 14.1. The van der Waals surface area contributed by atoms with E-state index in [1.165, 1.54) is 0 Å². The lowest BCUT2D eigenvalue weighted by Crippen LogP contribution is -2.15. The second-order valence-corrected chi connectivity index (χ2v) is 8.50. The molecule has 2 aromatic heterocycles. The number of aryl methyl sites for hydroxylation is 1. The third-order valence-corrected chi connectivity index (χ3v) is 5.89. The molecule has 0 fully saturated rings. The normalized spacial score (nSPS) is 11.2. The first-order chi connectivity index (χ1) is 16.9. The summed E-state index contributed by atoms with van der Waals surface area (Å²) in [4.78, 5) is 20.0. The molecular weight excluding hydrogens is 470 g/mol. The van der Waals surface area contributed by atoms with Gasteiger partial charge in [-0.25, -0.2) is 13.8 Å². The highest BCUT2D eigenvalue weighted by atomic mass is 32.1. The van der Waals surface area contributed by atoms with E-state index in [-0.39, 0.29) is 23.7 Å². The van der Waals surface area contributed by atoms with Gasteiger partial charge in [-0.3, -0.25) is 14.5 Å². The summed E-state index contributed by atoms with van der Waals surface area (Å²) in [6.45, 7) is 2.35. The van der Waals surface area contributed by atoms with Crippen molar-refractivity contribution in [2.24, 2.45) is 0 Å². The smallest absolute Gasteiger partial charge is 0.226 e. The number of amides is 1. The summed E-state index contributed by atoms with van der Waals surface area (Å²) >= 11 is 5.34. The van der Waals surface area contributed by atoms with Crippen molar-refractivity contribution in [3.63, 3.8) is 0 Å². The van der Waals surface area contributed by atoms with Crippen molar-refractivity contribution in [1.29, 1.82) is 0 Å². The van der Waals surface area contributed by atoms with E-state index in [1.807, 2.05) is 31.2 Å². The molecule has 0 saturated heterocycles. The van der Waals surface area contributed by atoms with E-state index in [0.717, 1.165) is 29.3 Å². The highest BCUT2D eigenvalue weighted by molar-refractivity contribution is 7.71. The molecule has 3 N–H and O–H groups in total. The molecule has 0 aliphatic carbocycles. The second-order valence-electron chi connectivity index (χ2n) is 8.11. The number of benzene rings is 3. The summed E-state index contributed by atoms with van der Waals surface area (Å²) in [6, 6.07) is 16.2.